The zero-order valence-corrected chi connectivity index (χ0v) is 16.1. The van der Waals surface area contributed by atoms with Crippen LogP contribution in [-0.4, -0.2) is 27.0 Å². The van der Waals surface area contributed by atoms with Gasteiger partial charge in [-0.05, 0) is 23.6 Å². The second kappa shape index (κ2) is 7.27. The van der Waals surface area contributed by atoms with Crippen molar-refractivity contribution in [2.24, 2.45) is 0 Å². The van der Waals surface area contributed by atoms with E-state index in [1.54, 1.807) is 17.5 Å². The molecule has 0 saturated heterocycles. The molecule has 0 radical (unpaired) electrons. The molecule has 3 heterocycles. The van der Waals surface area contributed by atoms with E-state index in [0.717, 1.165) is 9.56 Å². The van der Waals surface area contributed by atoms with E-state index in [2.05, 4.69) is 15.7 Å². The van der Waals surface area contributed by atoms with Crippen LogP contribution >= 0.6 is 22.9 Å². The zero-order chi connectivity index (χ0) is 20.8. The molecule has 1 aromatic carbocycles. The highest BCUT2D eigenvalue weighted by molar-refractivity contribution is 7.10. The quantitative estimate of drug-likeness (QED) is 0.520. The van der Waals surface area contributed by atoms with Gasteiger partial charge in [0.25, 0.3) is 5.91 Å². The molecule has 2 unspecified atom stereocenters. The molecule has 0 spiro atoms. The van der Waals surface area contributed by atoms with Crippen molar-refractivity contribution in [1.29, 1.82) is 0 Å². The van der Waals surface area contributed by atoms with Gasteiger partial charge in [0, 0.05) is 23.1 Å². The third-order valence-electron chi connectivity index (χ3n) is 4.50. The monoisotopic (exact) mass is 442 g/mol. The third-order valence-corrected chi connectivity index (χ3v) is 5.85. The number of phenolic OH excluding ortho intramolecular Hbond substituents is 1. The van der Waals surface area contributed by atoms with Gasteiger partial charge < -0.3 is 15.7 Å². The molecular formula is C18H14ClF3N4O2S. The SMILES string of the molecule is O=C(Nc1cccc(O)c1)c1nn2c(c1Cl)NC(c1cccs1)CC2C(F)(F)F. The average molecular weight is 443 g/mol. The number of phenols is 1. The Hall–Kier alpha value is -2.72. The van der Waals surface area contributed by atoms with E-state index in [0.29, 0.717) is 0 Å². The second-order valence-corrected chi connectivity index (χ2v) is 7.82. The van der Waals surface area contributed by atoms with E-state index >= 15 is 0 Å². The van der Waals surface area contributed by atoms with E-state index in [-0.39, 0.29) is 34.4 Å². The van der Waals surface area contributed by atoms with Gasteiger partial charge in [-0.3, -0.25) is 4.79 Å². The minimum absolute atomic E-state index is 0.0558. The molecule has 0 saturated carbocycles. The number of aromatic nitrogens is 2. The maximum Gasteiger partial charge on any atom is 0.410 e. The number of carbonyl (C=O) groups excluding carboxylic acids is 1. The summed E-state index contributed by atoms with van der Waals surface area (Å²) in [4.78, 5) is 13.3. The number of rotatable bonds is 3. The van der Waals surface area contributed by atoms with Crippen LogP contribution in [0.5, 0.6) is 5.75 Å². The number of hydrogen-bond donors (Lipinski definition) is 3. The summed E-state index contributed by atoms with van der Waals surface area (Å²) in [5, 5.41) is 20.4. The highest BCUT2D eigenvalue weighted by atomic mass is 35.5. The Balaban J connectivity index is 1.70. The van der Waals surface area contributed by atoms with Crippen LogP contribution in [0, 0.1) is 0 Å². The Morgan fingerprint density at radius 2 is 2.14 bits per heavy atom. The van der Waals surface area contributed by atoms with Crippen LogP contribution in [-0.2, 0) is 0 Å². The van der Waals surface area contributed by atoms with Crippen molar-refractivity contribution in [3.63, 3.8) is 0 Å². The standard InChI is InChI=1S/C18H14ClF3N4O2S/c19-14-15(17(28)23-9-3-1-4-10(27)7-9)25-26-13(18(20,21)22)8-11(24-16(14)26)12-5-2-6-29-12/h1-7,11,13,24,27H,8H2,(H,23,28). The number of nitrogens with one attached hydrogen (secondary N) is 2. The summed E-state index contributed by atoms with van der Waals surface area (Å²) in [5.74, 6) is -0.909. The van der Waals surface area contributed by atoms with Gasteiger partial charge >= 0.3 is 6.18 Å². The predicted molar refractivity (Wildman–Crippen MR) is 104 cm³/mol. The summed E-state index contributed by atoms with van der Waals surface area (Å²) >= 11 is 7.59. The van der Waals surface area contributed by atoms with Crippen molar-refractivity contribution in [2.75, 3.05) is 10.6 Å². The van der Waals surface area contributed by atoms with E-state index in [9.17, 15) is 23.1 Å². The van der Waals surface area contributed by atoms with Crippen LogP contribution in [0.3, 0.4) is 0 Å². The normalized spacial score (nSPS) is 18.8. The predicted octanol–water partition coefficient (Wildman–Crippen LogP) is 5.22. The van der Waals surface area contributed by atoms with Gasteiger partial charge in [0.1, 0.15) is 16.6 Å². The topological polar surface area (TPSA) is 79.2 Å². The van der Waals surface area contributed by atoms with Crippen molar-refractivity contribution in [3.8, 4) is 5.75 Å². The number of benzene rings is 1. The maximum absolute atomic E-state index is 13.7. The fraction of sp³-hybridized carbons (Fsp3) is 0.222. The zero-order valence-electron chi connectivity index (χ0n) is 14.6. The third kappa shape index (κ3) is 3.77. The smallest absolute Gasteiger partial charge is 0.410 e. The number of anilines is 2. The molecule has 11 heteroatoms. The van der Waals surface area contributed by atoms with Crippen LogP contribution in [0.25, 0.3) is 0 Å². The molecule has 2 aromatic heterocycles. The molecular weight excluding hydrogens is 429 g/mol. The van der Waals surface area contributed by atoms with E-state index in [1.807, 2.05) is 0 Å². The van der Waals surface area contributed by atoms with Gasteiger partial charge in [-0.25, -0.2) is 4.68 Å². The number of hydrogen-bond acceptors (Lipinski definition) is 5. The Morgan fingerprint density at radius 3 is 2.79 bits per heavy atom. The van der Waals surface area contributed by atoms with E-state index in [1.165, 1.54) is 35.6 Å². The Labute approximate surface area is 171 Å². The van der Waals surface area contributed by atoms with Crippen LogP contribution in [0.15, 0.2) is 41.8 Å². The largest absolute Gasteiger partial charge is 0.508 e. The number of nitrogens with zero attached hydrogens (tertiary/aromatic N) is 2. The Kier molecular flexibility index (Phi) is 4.91. The molecule has 1 amide bonds. The van der Waals surface area contributed by atoms with Crippen molar-refractivity contribution in [3.05, 3.63) is 57.4 Å². The fourth-order valence-corrected chi connectivity index (χ4v) is 4.24. The molecule has 0 aliphatic carbocycles. The first-order valence-corrected chi connectivity index (χ1v) is 9.75. The summed E-state index contributed by atoms with van der Waals surface area (Å²) in [7, 11) is 0. The van der Waals surface area contributed by atoms with Gasteiger partial charge in [-0.1, -0.05) is 23.7 Å². The summed E-state index contributed by atoms with van der Waals surface area (Å²) in [6, 6.07) is 6.71. The number of alkyl halides is 3. The van der Waals surface area contributed by atoms with Crippen molar-refractivity contribution in [2.45, 2.75) is 24.7 Å². The highest BCUT2D eigenvalue weighted by Crippen LogP contribution is 2.46. The fourth-order valence-electron chi connectivity index (χ4n) is 3.18. The van der Waals surface area contributed by atoms with Gasteiger partial charge in [0.05, 0.1) is 6.04 Å². The van der Waals surface area contributed by atoms with Crippen molar-refractivity contribution < 1.29 is 23.1 Å². The summed E-state index contributed by atoms with van der Waals surface area (Å²) < 4.78 is 41.9. The van der Waals surface area contributed by atoms with Gasteiger partial charge in [0.15, 0.2) is 11.7 Å². The lowest BCUT2D eigenvalue weighted by Gasteiger charge is -2.32. The Morgan fingerprint density at radius 1 is 1.34 bits per heavy atom. The molecule has 6 nitrogen and oxygen atoms in total. The minimum Gasteiger partial charge on any atom is -0.508 e. The number of thiophene rings is 1. The van der Waals surface area contributed by atoms with Gasteiger partial charge in [-0.15, -0.1) is 11.3 Å². The molecule has 1 aliphatic heterocycles. The molecule has 0 bridgehead atoms. The van der Waals surface area contributed by atoms with Crippen molar-refractivity contribution in [1.82, 2.24) is 9.78 Å². The van der Waals surface area contributed by atoms with Crippen LogP contribution in [0.4, 0.5) is 24.7 Å². The average Bonchev–Trinajstić information content (AvgIpc) is 3.29. The lowest BCUT2D eigenvalue weighted by atomic mass is 10.0. The molecule has 2 atom stereocenters. The first kappa shape index (κ1) is 19.6. The first-order valence-electron chi connectivity index (χ1n) is 8.49. The van der Waals surface area contributed by atoms with Crippen LogP contribution < -0.4 is 10.6 Å². The maximum atomic E-state index is 13.7. The molecule has 0 fully saturated rings. The van der Waals surface area contributed by atoms with Crippen molar-refractivity contribution >= 4 is 40.4 Å². The molecule has 1 aliphatic rings. The molecule has 4 rings (SSSR count). The van der Waals surface area contributed by atoms with Gasteiger partial charge in [0.2, 0.25) is 0 Å². The van der Waals surface area contributed by atoms with Gasteiger partial charge in [-0.2, -0.15) is 18.3 Å². The van der Waals surface area contributed by atoms with Crippen LogP contribution in [0.1, 0.15) is 33.9 Å². The second-order valence-electron chi connectivity index (χ2n) is 6.47. The first-order chi connectivity index (χ1) is 13.7. The number of aromatic hydroxyl groups is 1. The Bertz CT molecular complexity index is 1050. The molecule has 3 N–H and O–H groups in total. The number of fused-ring (bicyclic) bond motifs is 1. The van der Waals surface area contributed by atoms with Crippen LogP contribution in [0.2, 0.25) is 5.02 Å². The van der Waals surface area contributed by atoms with E-state index < -0.39 is 24.2 Å². The highest BCUT2D eigenvalue weighted by Gasteiger charge is 2.48. The number of carbonyl (C=O) groups is 1. The number of halogens is 4. The number of amides is 1. The molecule has 3 aromatic rings. The summed E-state index contributed by atoms with van der Waals surface area (Å²) in [5.41, 5.74) is -0.0765. The summed E-state index contributed by atoms with van der Waals surface area (Å²) in [6.07, 6.45) is -4.84. The summed E-state index contributed by atoms with van der Waals surface area (Å²) in [6.45, 7) is 0. The molecule has 29 heavy (non-hydrogen) atoms. The minimum atomic E-state index is -4.57. The lowest BCUT2D eigenvalue weighted by molar-refractivity contribution is -0.173. The molecule has 152 valence electrons. The van der Waals surface area contributed by atoms with E-state index in [4.69, 9.17) is 11.6 Å². The lowest BCUT2D eigenvalue weighted by Crippen LogP contribution is -2.35.